The molecule has 0 aromatic carbocycles. The number of nitrogens with two attached hydrogens (primary N) is 4. The summed E-state index contributed by atoms with van der Waals surface area (Å²) in [4.78, 5) is 0. The average molecular weight is 140 g/mol. The summed E-state index contributed by atoms with van der Waals surface area (Å²) in [5.74, 6) is 0. The molecular weight excluding hydrogens is 128 g/mol. The second-order valence-electron chi connectivity index (χ2n) is 2.53. The Kier molecular flexibility index (Phi) is 1.52. The average Bonchev–Trinajstić information content (AvgIpc) is 1.81. The van der Waals surface area contributed by atoms with E-state index in [0.29, 0.717) is 5.70 Å². The van der Waals surface area contributed by atoms with Crippen molar-refractivity contribution in [1.82, 2.24) is 0 Å². The van der Waals surface area contributed by atoms with Crippen molar-refractivity contribution in [2.45, 2.75) is 11.7 Å². The standard InChI is InChI=1S/C6H12N4/c7-4-1-2-6(9,10)5(8)3-4/h1-3,5H,7-10H2. The van der Waals surface area contributed by atoms with Crippen molar-refractivity contribution in [3.8, 4) is 0 Å². The first kappa shape index (κ1) is 7.27. The van der Waals surface area contributed by atoms with Crippen LogP contribution in [-0.4, -0.2) is 11.7 Å². The summed E-state index contributed by atoms with van der Waals surface area (Å²) in [5.41, 5.74) is 21.7. The highest BCUT2D eigenvalue weighted by Gasteiger charge is 2.25. The van der Waals surface area contributed by atoms with Gasteiger partial charge in [0.2, 0.25) is 0 Å². The third-order valence-electron chi connectivity index (χ3n) is 1.51. The minimum atomic E-state index is -0.942. The molecule has 0 aromatic rings. The first-order chi connectivity index (χ1) is 4.52. The molecular formula is C6H12N4. The van der Waals surface area contributed by atoms with Crippen LogP contribution in [-0.2, 0) is 0 Å². The topological polar surface area (TPSA) is 104 Å². The van der Waals surface area contributed by atoms with Crippen molar-refractivity contribution in [2.75, 3.05) is 0 Å². The Bertz CT molecular complexity index is 192. The van der Waals surface area contributed by atoms with Gasteiger partial charge >= 0.3 is 0 Å². The Balaban J connectivity index is 2.84. The lowest BCUT2D eigenvalue weighted by atomic mass is 9.97. The third-order valence-corrected chi connectivity index (χ3v) is 1.51. The monoisotopic (exact) mass is 140 g/mol. The molecule has 56 valence electrons. The highest BCUT2D eigenvalue weighted by atomic mass is 15.0. The van der Waals surface area contributed by atoms with Crippen LogP contribution in [0.5, 0.6) is 0 Å². The highest BCUT2D eigenvalue weighted by molar-refractivity contribution is 5.30. The van der Waals surface area contributed by atoms with E-state index in [1.54, 1.807) is 18.2 Å². The van der Waals surface area contributed by atoms with E-state index in [1.165, 1.54) is 0 Å². The Hall–Kier alpha value is -0.840. The van der Waals surface area contributed by atoms with Crippen LogP contribution in [0.4, 0.5) is 0 Å². The predicted octanol–water partition coefficient (Wildman–Crippen LogP) is -1.66. The van der Waals surface area contributed by atoms with E-state index in [1.807, 2.05) is 0 Å². The molecule has 8 N–H and O–H groups in total. The van der Waals surface area contributed by atoms with Crippen molar-refractivity contribution in [2.24, 2.45) is 22.9 Å². The first-order valence-electron chi connectivity index (χ1n) is 3.02. The quantitative estimate of drug-likeness (QED) is 0.302. The number of hydrogen-bond donors (Lipinski definition) is 4. The summed E-state index contributed by atoms with van der Waals surface area (Å²) >= 11 is 0. The van der Waals surface area contributed by atoms with Gasteiger partial charge in [-0.3, -0.25) is 0 Å². The summed E-state index contributed by atoms with van der Waals surface area (Å²) in [7, 11) is 0. The molecule has 0 heterocycles. The molecule has 0 saturated heterocycles. The minimum absolute atomic E-state index is 0.391. The molecule has 4 nitrogen and oxygen atoms in total. The molecule has 0 aliphatic heterocycles. The van der Waals surface area contributed by atoms with Crippen LogP contribution in [0, 0.1) is 0 Å². The Morgan fingerprint density at radius 3 is 2.40 bits per heavy atom. The maximum absolute atomic E-state index is 5.55. The fourth-order valence-corrected chi connectivity index (χ4v) is 0.759. The molecule has 1 rings (SSSR count). The Labute approximate surface area is 59.5 Å². The summed E-state index contributed by atoms with van der Waals surface area (Å²) in [6.45, 7) is 0. The molecule has 1 aliphatic carbocycles. The van der Waals surface area contributed by atoms with Gasteiger partial charge in [-0.05, 0) is 18.2 Å². The summed E-state index contributed by atoms with van der Waals surface area (Å²) < 4.78 is 0. The summed E-state index contributed by atoms with van der Waals surface area (Å²) in [5, 5.41) is 0. The van der Waals surface area contributed by atoms with Crippen LogP contribution in [0.1, 0.15) is 0 Å². The molecule has 1 aliphatic rings. The zero-order valence-corrected chi connectivity index (χ0v) is 5.62. The van der Waals surface area contributed by atoms with Gasteiger partial charge < -0.3 is 22.9 Å². The van der Waals surface area contributed by atoms with Gasteiger partial charge in [-0.1, -0.05) is 0 Å². The van der Waals surface area contributed by atoms with Gasteiger partial charge in [0, 0.05) is 5.70 Å². The van der Waals surface area contributed by atoms with Crippen molar-refractivity contribution in [3.05, 3.63) is 23.9 Å². The van der Waals surface area contributed by atoms with Crippen LogP contribution in [0.2, 0.25) is 0 Å². The van der Waals surface area contributed by atoms with Crippen LogP contribution in [0.15, 0.2) is 23.9 Å². The largest absolute Gasteiger partial charge is 0.399 e. The molecule has 4 heteroatoms. The molecule has 0 saturated carbocycles. The second kappa shape index (κ2) is 2.09. The molecule has 0 amide bonds. The fourth-order valence-electron chi connectivity index (χ4n) is 0.759. The zero-order valence-electron chi connectivity index (χ0n) is 5.62. The normalized spacial score (nSPS) is 29.9. The molecule has 0 fully saturated rings. The zero-order chi connectivity index (χ0) is 7.78. The smallest absolute Gasteiger partial charge is 0.103 e. The number of allylic oxidation sites excluding steroid dienone is 1. The van der Waals surface area contributed by atoms with Gasteiger partial charge in [0.1, 0.15) is 5.66 Å². The summed E-state index contributed by atoms with van der Waals surface area (Å²) in [6, 6.07) is -0.391. The van der Waals surface area contributed by atoms with Crippen molar-refractivity contribution in [3.63, 3.8) is 0 Å². The van der Waals surface area contributed by atoms with Crippen LogP contribution in [0.25, 0.3) is 0 Å². The van der Waals surface area contributed by atoms with Crippen LogP contribution in [0.3, 0.4) is 0 Å². The SMILES string of the molecule is NC1=CC(N)C(N)(N)C=C1. The first-order valence-corrected chi connectivity index (χ1v) is 3.02. The van der Waals surface area contributed by atoms with Crippen molar-refractivity contribution in [1.29, 1.82) is 0 Å². The van der Waals surface area contributed by atoms with E-state index in [9.17, 15) is 0 Å². The second-order valence-corrected chi connectivity index (χ2v) is 2.53. The van der Waals surface area contributed by atoms with Gasteiger partial charge in [-0.2, -0.15) is 0 Å². The van der Waals surface area contributed by atoms with E-state index >= 15 is 0 Å². The minimum Gasteiger partial charge on any atom is -0.399 e. The summed E-state index contributed by atoms with van der Waals surface area (Å²) in [6.07, 6.45) is 4.90. The lowest BCUT2D eigenvalue weighted by Gasteiger charge is -2.28. The molecule has 1 atom stereocenters. The predicted molar refractivity (Wildman–Crippen MR) is 40.5 cm³/mol. The highest BCUT2D eigenvalue weighted by Crippen LogP contribution is 2.09. The van der Waals surface area contributed by atoms with Gasteiger partial charge in [0.05, 0.1) is 6.04 Å². The van der Waals surface area contributed by atoms with E-state index < -0.39 is 11.7 Å². The van der Waals surface area contributed by atoms with E-state index in [0.717, 1.165) is 0 Å². The maximum atomic E-state index is 5.55. The van der Waals surface area contributed by atoms with E-state index in [4.69, 9.17) is 22.9 Å². The van der Waals surface area contributed by atoms with Crippen LogP contribution >= 0.6 is 0 Å². The maximum Gasteiger partial charge on any atom is 0.103 e. The van der Waals surface area contributed by atoms with Gasteiger partial charge in [-0.25, -0.2) is 0 Å². The molecule has 0 radical (unpaired) electrons. The number of rotatable bonds is 0. The Morgan fingerprint density at radius 2 is 2.00 bits per heavy atom. The Morgan fingerprint density at radius 1 is 1.40 bits per heavy atom. The van der Waals surface area contributed by atoms with Crippen LogP contribution < -0.4 is 22.9 Å². The molecule has 1 unspecified atom stereocenters. The lowest BCUT2D eigenvalue weighted by Crippen LogP contribution is -2.61. The van der Waals surface area contributed by atoms with Crippen molar-refractivity contribution < 1.29 is 0 Å². The van der Waals surface area contributed by atoms with E-state index in [2.05, 4.69) is 0 Å². The van der Waals surface area contributed by atoms with Crippen molar-refractivity contribution >= 4 is 0 Å². The van der Waals surface area contributed by atoms with E-state index in [-0.39, 0.29) is 0 Å². The van der Waals surface area contributed by atoms with Gasteiger partial charge in [0.25, 0.3) is 0 Å². The molecule has 0 aromatic heterocycles. The third kappa shape index (κ3) is 1.18. The molecule has 0 bridgehead atoms. The van der Waals surface area contributed by atoms with Gasteiger partial charge in [-0.15, -0.1) is 0 Å². The number of hydrogen-bond acceptors (Lipinski definition) is 4. The molecule has 0 spiro atoms. The lowest BCUT2D eigenvalue weighted by molar-refractivity contribution is 0.486. The molecule has 10 heavy (non-hydrogen) atoms. The van der Waals surface area contributed by atoms with Gasteiger partial charge in [0.15, 0.2) is 0 Å². The fraction of sp³-hybridized carbons (Fsp3) is 0.333.